The molecule has 0 fully saturated rings. The number of alkyl halides is 3. The summed E-state index contributed by atoms with van der Waals surface area (Å²) in [4.78, 5) is 12.1. The molecule has 0 aliphatic heterocycles. The molecule has 2 aromatic carbocycles. The first-order valence-electron chi connectivity index (χ1n) is 7.02. The second-order valence-electron chi connectivity index (χ2n) is 4.94. The molecule has 0 unspecified atom stereocenters. The first-order valence-corrected chi connectivity index (χ1v) is 7.77. The molecule has 2 N–H and O–H groups in total. The van der Waals surface area contributed by atoms with E-state index in [1.54, 1.807) is 18.2 Å². The lowest BCUT2D eigenvalue weighted by Gasteiger charge is -2.13. The van der Waals surface area contributed by atoms with Crippen molar-refractivity contribution < 1.29 is 18.0 Å². The van der Waals surface area contributed by atoms with Crippen LogP contribution < -0.4 is 10.6 Å². The highest BCUT2D eigenvalue weighted by atomic mass is 35.5. The number of hydrogen-bond acceptors (Lipinski definition) is 3. The Labute approximate surface area is 156 Å². The predicted molar refractivity (Wildman–Crippen MR) is 93.9 cm³/mol. The number of amides is 1. The van der Waals surface area contributed by atoms with Crippen molar-refractivity contribution in [1.82, 2.24) is 0 Å². The van der Waals surface area contributed by atoms with E-state index in [2.05, 4.69) is 10.6 Å². The van der Waals surface area contributed by atoms with Gasteiger partial charge in [-0.05, 0) is 30.3 Å². The van der Waals surface area contributed by atoms with E-state index in [1.807, 2.05) is 0 Å². The molecule has 2 aromatic rings. The van der Waals surface area contributed by atoms with Crippen LogP contribution in [0.15, 0.2) is 54.2 Å². The zero-order chi connectivity index (χ0) is 19.3. The van der Waals surface area contributed by atoms with Gasteiger partial charge >= 0.3 is 6.18 Å². The molecule has 2 rings (SSSR count). The van der Waals surface area contributed by atoms with Crippen molar-refractivity contribution in [2.24, 2.45) is 0 Å². The standard InChI is InChI=1S/C17H10Cl2F3N3O/c18-11-5-6-14(12(7-11)17(20,21)22)24-9-10(8-23)16(26)25-15-4-2-1-3-13(15)19/h1-7,9,24H,(H,25,26)/b10-9-. The number of para-hydroxylation sites is 1. The second-order valence-corrected chi connectivity index (χ2v) is 5.78. The fourth-order valence-corrected chi connectivity index (χ4v) is 2.28. The van der Waals surface area contributed by atoms with E-state index >= 15 is 0 Å². The van der Waals surface area contributed by atoms with Gasteiger partial charge in [-0.1, -0.05) is 35.3 Å². The molecular formula is C17H10Cl2F3N3O. The van der Waals surface area contributed by atoms with Crippen molar-refractivity contribution in [3.63, 3.8) is 0 Å². The van der Waals surface area contributed by atoms with Gasteiger partial charge in [0, 0.05) is 11.2 Å². The van der Waals surface area contributed by atoms with Gasteiger partial charge in [0.05, 0.1) is 22.0 Å². The normalized spacial score (nSPS) is 11.6. The van der Waals surface area contributed by atoms with Crippen molar-refractivity contribution in [3.05, 3.63) is 69.8 Å². The average Bonchev–Trinajstić information content (AvgIpc) is 2.57. The van der Waals surface area contributed by atoms with Crippen LogP contribution in [0.5, 0.6) is 0 Å². The summed E-state index contributed by atoms with van der Waals surface area (Å²) in [6.07, 6.45) is -3.78. The lowest BCUT2D eigenvalue weighted by Crippen LogP contribution is -2.15. The fraction of sp³-hybridized carbons (Fsp3) is 0.0588. The largest absolute Gasteiger partial charge is 0.418 e. The summed E-state index contributed by atoms with van der Waals surface area (Å²) >= 11 is 11.5. The van der Waals surface area contributed by atoms with E-state index in [-0.39, 0.29) is 21.4 Å². The van der Waals surface area contributed by atoms with Crippen LogP contribution in [-0.4, -0.2) is 5.91 Å². The van der Waals surface area contributed by atoms with Crippen LogP contribution >= 0.6 is 23.2 Å². The number of nitrogens with zero attached hydrogens (tertiary/aromatic N) is 1. The third kappa shape index (κ3) is 4.91. The van der Waals surface area contributed by atoms with Gasteiger partial charge in [0.1, 0.15) is 11.6 Å². The molecule has 0 saturated carbocycles. The number of benzene rings is 2. The van der Waals surface area contributed by atoms with Crippen molar-refractivity contribution in [2.45, 2.75) is 6.18 Å². The van der Waals surface area contributed by atoms with Crippen molar-refractivity contribution in [3.8, 4) is 6.07 Å². The Morgan fingerprint density at radius 3 is 2.42 bits per heavy atom. The Morgan fingerprint density at radius 2 is 1.81 bits per heavy atom. The van der Waals surface area contributed by atoms with E-state index in [0.29, 0.717) is 0 Å². The summed E-state index contributed by atoms with van der Waals surface area (Å²) in [5.41, 5.74) is -1.54. The Hall–Kier alpha value is -2.69. The average molecular weight is 400 g/mol. The molecule has 0 aromatic heterocycles. The summed E-state index contributed by atoms with van der Waals surface area (Å²) in [5.74, 6) is -0.823. The number of anilines is 2. The van der Waals surface area contributed by atoms with Crippen molar-refractivity contribution in [1.29, 1.82) is 5.26 Å². The van der Waals surface area contributed by atoms with E-state index in [9.17, 15) is 18.0 Å². The van der Waals surface area contributed by atoms with Gasteiger partial charge in [0.15, 0.2) is 0 Å². The smallest absolute Gasteiger partial charge is 0.360 e. The third-order valence-electron chi connectivity index (χ3n) is 3.15. The molecule has 1 amide bonds. The Bertz CT molecular complexity index is 905. The van der Waals surface area contributed by atoms with Gasteiger partial charge in [0.25, 0.3) is 5.91 Å². The summed E-state index contributed by atoms with van der Waals surface area (Å²) in [6, 6.07) is 11.0. The maximum atomic E-state index is 13.0. The third-order valence-corrected chi connectivity index (χ3v) is 3.71. The minimum Gasteiger partial charge on any atom is -0.360 e. The topological polar surface area (TPSA) is 64.9 Å². The van der Waals surface area contributed by atoms with Gasteiger partial charge in [0.2, 0.25) is 0 Å². The van der Waals surface area contributed by atoms with E-state index < -0.39 is 23.2 Å². The molecule has 0 heterocycles. The highest BCUT2D eigenvalue weighted by Gasteiger charge is 2.33. The highest BCUT2D eigenvalue weighted by molar-refractivity contribution is 6.34. The summed E-state index contributed by atoms with van der Waals surface area (Å²) in [7, 11) is 0. The summed E-state index contributed by atoms with van der Waals surface area (Å²) < 4.78 is 39.1. The van der Waals surface area contributed by atoms with Gasteiger partial charge in [-0.25, -0.2) is 0 Å². The number of carbonyl (C=O) groups excluding carboxylic acids is 1. The highest BCUT2D eigenvalue weighted by Crippen LogP contribution is 2.36. The number of nitrogens with one attached hydrogen (secondary N) is 2. The number of carbonyl (C=O) groups is 1. The van der Waals surface area contributed by atoms with Crippen molar-refractivity contribution in [2.75, 3.05) is 10.6 Å². The molecule has 0 saturated heterocycles. The SMILES string of the molecule is N#C/C(=C/Nc1ccc(Cl)cc1C(F)(F)F)C(=O)Nc1ccccc1Cl. The van der Waals surface area contributed by atoms with Gasteiger partial charge in [-0.2, -0.15) is 18.4 Å². The van der Waals surface area contributed by atoms with Gasteiger partial charge < -0.3 is 10.6 Å². The van der Waals surface area contributed by atoms with Crippen LogP contribution in [-0.2, 0) is 11.0 Å². The van der Waals surface area contributed by atoms with Gasteiger partial charge in [-0.3, -0.25) is 4.79 Å². The fourth-order valence-electron chi connectivity index (χ4n) is 1.93. The minimum absolute atomic E-state index is 0.0937. The maximum absolute atomic E-state index is 13.0. The number of nitriles is 1. The molecule has 0 radical (unpaired) electrons. The molecule has 0 atom stereocenters. The van der Waals surface area contributed by atoms with E-state index in [1.165, 1.54) is 18.2 Å². The molecule has 26 heavy (non-hydrogen) atoms. The monoisotopic (exact) mass is 399 g/mol. The first-order chi connectivity index (χ1) is 12.2. The number of hydrogen-bond donors (Lipinski definition) is 2. The Morgan fingerprint density at radius 1 is 1.12 bits per heavy atom. The van der Waals surface area contributed by atoms with Crippen LogP contribution in [0.3, 0.4) is 0 Å². The van der Waals surface area contributed by atoms with Crippen molar-refractivity contribution >= 4 is 40.5 Å². The molecule has 4 nitrogen and oxygen atoms in total. The minimum atomic E-state index is -4.66. The lowest BCUT2D eigenvalue weighted by atomic mass is 10.1. The molecule has 0 bridgehead atoms. The summed E-state index contributed by atoms with van der Waals surface area (Å²) in [6.45, 7) is 0. The van der Waals surface area contributed by atoms with Gasteiger partial charge in [-0.15, -0.1) is 0 Å². The van der Waals surface area contributed by atoms with Crippen LogP contribution in [0.1, 0.15) is 5.56 Å². The quantitative estimate of drug-likeness (QED) is 0.529. The van der Waals surface area contributed by atoms with Crippen LogP contribution in [0, 0.1) is 11.3 Å². The predicted octanol–water partition coefficient (Wildman–Crippen LogP) is 5.47. The maximum Gasteiger partial charge on any atom is 0.418 e. The molecule has 0 aliphatic carbocycles. The lowest BCUT2D eigenvalue weighted by molar-refractivity contribution is -0.136. The zero-order valence-electron chi connectivity index (χ0n) is 12.9. The number of rotatable bonds is 4. The molecule has 9 heteroatoms. The first kappa shape index (κ1) is 19.6. The Kier molecular flexibility index (Phi) is 6.14. The Balaban J connectivity index is 2.24. The molecule has 134 valence electrons. The number of halogens is 5. The molecular weight excluding hydrogens is 390 g/mol. The van der Waals surface area contributed by atoms with Crippen LogP contribution in [0.2, 0.25) is 10.0 Å². The summed E-state index contributed by atoms with van der Waals surface area (Å²) in [5, 5.41) is 14.0. The molecule has 0 spiro atoms. The molecule has 0 aliphatic rings. The second kappa shape index (κ2) is 8.13. The zero-order valence-corrected chi connectivity index (χ0v) is 14.4. The van der Waals surface area contributed by atoms with Crippen LogP contribution in [0.4, 0.5) is 24.5 Å². The van der Waals surface area contributed by atoms with E-state index in [0.717, 1.165) is 18.3 Å². The van der Waals surface area contributed by atoms with E-state index in [4.69, 9.17) is 28.5 Å². The van der Waals surface area contributed by atoms with Crippen LogP contribution in [0.25, 0.3) is 0 Å².